The molecule has 1 amide bonds. The number of nitrogens with zero attached hydrogens (tertiary/aromatic N) is 1. The van der Waals surface area contributed by atoms with E-state index in [1.807, 2.05) is 20.8 Å². The van der Waals surface area contributed by atoms with E-state index in [9.17, 15) is 13.2 Å². The molecule has 0 aliphatic carbocycles. The summed E-state index contributed by atoms with van der Waals surface area (Å²) in [7, 11) is -3.50. The van der Waals surface area contributed by atoms with Crippen LogP contribution in [0.25, 0.3) is 0 Å². The SMILES string of the molecule is CC(C)(C)NC(=O)[C@H]1CCN(S(C)(=O)=O)c2cc(Cl)ccc2O1. The number of nitrogens with one attached hydrogen (secondary N) is 1. The lowest BCUT2D eigenvalue weighted by atomic mass is 10.1. The third-order valence-electron chi connectivity index (χ3n) is 3.24. The van der Waals surface area contributed by atoms with Crippen molar-refractivity contribution in [2.45, 2.75) is 38.8 Å². The van der Waals surface area contributed by atoms with Gasteiger partial charge in [0.1, 0.15) is 5.75 Å². The fraction of sp³-hybridized carbons (Fsp3) is 0.533. The molecule has 0 bridgehead atoms. The molecule has 1 aliphatic rings. The first kappa shape index (κ1) is 17.9. The highest BCUT2D eigenvalue weighted by atomic mass is 35.5. The number of halogens is 1. The highest BCUT2D eigenvalue weighted by Crippen LogP contribution is 2.36. The summed E-state index contributed by atoms with van der Waals surface area (Å²) < 4.78 is 31.1. The molecule has 0 spiro atoms. The number of rotatable bonds is 2. The summed E-state index contributed by atoms with van der Waals surface area (Å²) in [4.78, 5) is 12.4. The Hall–Kier alpha value is -1.47. The molecule has 2 rings (SSSR count). The number of benzene rings is 1. The van der Waals surface area contributed by atoms with E-state index in [0.29, 0.717) is 16.5 Å². The number of hydrogen-bond donors (Lipinski definition) is 1. The number of ether oxygens (including phenoxy) is 1. The summed E-state index contributed by atoms with van der Waals surface area (Å²) in [6.45, 7) is 5.77. The van der Waals surface area contributed by atoms with Gasteiger partial charge in [0.2, 0.25) is 10.0 Å². The first-order chi connectivity index (χ1) is 10.5. The van der Waals surface area contributed by atoms with Crippen LogP contribution >= 0.6 is 11.6 Å². The third-order valence-corrected chi connectivity index (χ3v) is 4.66. The maximum Gasteiger partial charge on any atom is 0.261 e. The van der Waals surface area contributed by atoms with Gasteiger partial charge < -0.3 is 10.1 Å². The van der Waals surface area contributed by atoms with Crippen LogP contribution in [0.1, 0.15) is 27.2 Å². The Morgan fingerprint density at radius 3 is 2.61 bits per heavy atom. The van der Waals surface area contributed by atoms with Crippen LogP contribution in [0.15, 0.2) is 18.2 Å². The van der Waals surface area contributed by atoms with Crippen LogP contribution < -0.4 is 14.4 Å². The number of fused-ring (bicyclic) bond motifs is 1. The van der Waals surface area contributed by atoms with Crippen LogP contribution in [-0.2, 0) is 14.8 Å². The summed E-state index contributed by atoms with van der Waals surface area (Å²) in [6, 6.07) is 4.71. The molecular formula is C15H21ClN2O4S. The van der Waals surface area contributed by atoms with Gasteiger partial charge in [0.25, 0.3) is 5.91 Å². The highest BCUT2D eigenvalue weighted by molar-refractivity contribution is 7.92. The smallest absolute Gasteiger partial charge is 0.261 e. The van der Waals surface area contributed by atoms with E-state index in [1.54, 1.807) is 12.1 Å². The van der Waals surface area contributed by atoms with Gasteiger partial charge in [-0.3, -0.25) is 9.10 Å². The second-order valence-electron chi connectivity index (χ2n) is 6.58. The lowest BCUT2D eigenvalue weighted by molar-refractivity contribution is -0.129. The van der Waals surface area contributed by atoms with Crippen molar-refractivity contribution in [2.24, 2.45) is 0 Å². The molecule has 6 nitrogen and oxygen atoms in total. The van der Waals surface area contributed by atoms with Crippen LogP contribution in [0.2, 0.25) is 5.02 Å². The van der Waals surface area contributed by atoms with Crippen molar-refractivity contribution >= 4 is 33.2 Å². The lowest BCUT2D eigenvalue weighted by Crippen LogP contribution is -2.48. The van der Waals surface area contributed by atoms with E-state index in [0.717, 1.165) is 6.26 Å². The molecule has 0 saturated heterocycles. The van der Waals surface area contributed by atoms with E-state index < -0.39 is 21.7 Å². The van der Waals surface area contributed by atoms with Crippen molar-refractivity contribution in [1.29, 1.82) is 0 Å². The van der Waals surface area contributed by atoms with Gasteiger partial charge in [-0.25, -0.2) is 8.42 Å². The molecule has 23 heavy (non-hydrogen) atoms. The summed E-state index contributed by atoms with van der Waals surface area (Å²) in [6.07, 6.45) is 0.607. The molecule has 1 aliphatic heterocycles. The fourth-order valence-electron chi connectivity index (χ4n) is 2.33. The Morgan fingerprint density at radius 2 is 2.04 bits per heavy atom. The summed E-state index contributed by atoms with van der Waals surface area (Å²) in [5.74, 6) is 0.0557. The maximum atomic E-state index is 12.4. The molecule has 1 aromatic rings. The van der Waals surface area contributed by atoms with Gasteiger partial charge in [-0.05, 0) is 39.0 Å². The summed E-state index contributed by atoms with van der Waals surface area (Å²) in [5.41, 5.74) is -0.0439. The van der Waals surface area contributed by atoms with Crippen molar-refractivity contribution in [2.75, 3.05) is 17.1 Å². The molecule has 1 atom stereocenters. The van der Waals surface area contributed by atoms with Gasteiger partial charge in [-0.2, -0.15) is 0 Å². The number of carbonyl (C=O) groups excluding carboxylic acids is 1. The fourth-order valence-corrected chi connectivity index (χ4v) is 3.43. The van der Waals surface area contributed by atoms with E-state index in [2.05, 4.69) is 5.32 Å². The highest BCUT2D eigenvalue weighted by Gasteiger charge is 2.32. The van der Waals surface area contributed by atoms with Gasteiger partial charge in [0, 0.05) is 23.5 Å². The minimum absolute atomic E-state index is 0.147. The minimum Gasteiger partial charge on any atom is -0.478 e. The first-order valence-electron chi connectivity index (χ1n) is 7.23. The quantitative estimate of drug-likeness (QED) is 0.877. The largest absolute Gasteiger partial charge is 0.478 e. The molecule has 128 valence electrons. The minimum atomic E-state index is -3.50. The zero-order chi connectivity index (χ0) is 17.4. The van der Waals surface area contributed by atoms with Crippen LogP contribution in [-0.4, -0.2) is 38.8 Å². The number of carbonyl (C=O) groups is 1. The molecule has 8 heteroatoms. The molecule has 0 aromatic heterocycles. The average Bonchev–Trinajstić information content (AvgIpc) is 2.55. The van der Waals surface area contributed by atoms with Crippen molar-refractivity contribution in [3.63, 3.8) is 0 Å². The maximum absolute atomic E-state index is 12.4. The third kappa shape index (κ3) is 4.51. The second-order valence-corrected chi connectivity index (χ2v) is 8.92. The summed E-state index contributed by atoms with van der Waals surface area (Å²) in [5, 5.41) is 3.26. The Kier molecular flexibility index (Phi) is 4.82. The van der Waals surface area contributed by atoms with Crippen molar-refractivity contribution < 1.29 is 17.9 Å². The zero-order valence-electron chi connectivity index (χ0n) is 13.6. The van der Waals surface area contributed by atoms with Crippen LogP contribution in [0, 0.1) is 0 Å². The molecule has 1 heterocycles. The van der Waals surface area contributed by atoms with Crippen molar-refractivity contribution in [3.05, 3.63) is 23.2 Å². The molecule has 0 radical (unpaired) electrons. The number of hydrogen-bond acceptors (Lipinski definition) is 4. The molecule has 0 unspecified atom stereocenters. The summed E-state index contributed by atoms with van der Waals surface area (Å²) >= 11 is 5.98. The molecular weight excluding hydrogens is 340 g/mol. The average molecular weight is 361 g/mol. The van der Waals surface area contributed by atoms with E-state index in [1.165, 1.54) is 10.4 Å². The van der Waals surface area contributed by atoms with Crippen molar-refractivity contribution in [1.82, 2.24) is 5.32 Å². The predicted octanol–water partition coefficient (Wildman–Crippen LogP) is 2.17. The first-order valence-corrected chi connectivity index (χ1v) is 9.46. The number of sulfonamides is 1. The van der Waals surface area contributed by atoms with Gasteiger partial charge in [0.05, 0.1) is 11.9 Å². The topological polar surface area (TPSA) is 75.7 Å². The van der Waals surface area contributed by atoms with Gasteiger partial charge in [0.15, 0.2) is 6.10 Å². The Balaban J connectivity index is 2.37. The van der Waals surface area contributed by atoms with E-state index >= 15 is 0 Å². The lowest BCUT2D eigenvalue weighted by Gasteiger charge is -2.24. The second kappa shape index (κ2) is 6.20. The Bertz CT molecular complexity index is 713. The van der Waals surface area contributed by atoms with Crippen LogP contribution in [0.3, 0.4) is 0 Å². The number of amides is 1. The molecule has 0 saturated carbocycles. The molecule has 1 N–H and O–H groups in total. The predicted molar refractivity (Wildman–Crippen MR) is 90.6 cm³/mol. The monoisotopic (exact) mass is 360 g/mol. The Morgan fingerprint density at radius 1 is 1.39 bits per heavy atom. The molecule has 0 fully saturated rings. The van der Waals surface area contributed by atoms with Gasteiger partial charge in [-0.1, -0.05) is 11.6 Å². The van der Waals surface area contributed by atoms with E-state index in [4.69, 9.17) is 16.3 Å². The van der Waals surface area contributed by atoms with Crippen molar-refractivity contribution in [3.8, 4) is 5.75 Å². The van der Waals surface area contributed by atoms with E-state index in [-0.39, 0.29) is 18.9 Å². The van der Waals surface area contributed by atoms with Crippen LogP contribution in [0.5, 0.6) is 5.75 Å². The van der Waals surface area contributed by atoms with Gasteiger partial charge >= 0.3 is 0 Å². The molecule has 1 aromatic carbocycles. The normalized spacial score (nSPS) is 18.7. The Labute approximate surface area is 141 Å². The van der Waals surface area contributed by atoms with Crippen LogP contribution in [0.4, 0.5) is 5.69 Å². The standard InChI is InChI=1S/C15H21ClN2O4S/c1-15(2,3)17-14(19)13-7-8-18(23(4,20)21)11-9-10(16)5-6-12(11)22-13/h5-6,9,13H,7-8H2,1-4H3,(H,17,19)/t13-/m1/s1. The van der Waals surface area contributed by atoms with Gasteiger partial charge in [-0.15, -0.1) is 0 Å². The zero-order valence-corrected chi connectivity index (χ0v) is 15.2. The number of anilines is 1.